The molecular formula is C20H17ClFNO5. The minimum atomic E-state index is -0.702. The summed E-state index contributed by atoms with van der Waals surface area (Å²) in [6.07, 6.45) is 2.66. The molecule has 146 valence electrons. The smallest absolute Gasteiger partial charge is 0.331 e. The maximum Gasteiger partial charge on any atom is 0.331 e. The predicted molar refractivity (Wildman–Crippen MR) is 101 cm³/mol. The molecule has 0 saturated carbocycles. The van der Waals surface area contributed by atoms with Gasteiger partial charge in [-0.3, -0.25) is 4.79 Å². The molecule has 1 heterocycles. The highest BCUT2D eigenvalue weighted by Crippen LogP contribution is 2.38. The normalized spacial score (nSPS) is 12.6. The number of fused-ring (bicyclic) bond motifs is 1. The molecule has 0 atom stereocenters. The van der Waals surface area contributed by atoms with Crippen LogP contribution in [0, 0.1) is 5.82 Å². The number of amides is 1. The lowest BCUT2D eigenvalue weighted by Crippen LogP contribution is -2.28. The highest BCUT2D eigenvalue weighted by molar-refractivity contribution is 6.32. The summed E-state index contributed by atoms with van der Waals surface area (Å²) >= 11 is 6.13. The van der Waals surface area contributed by atoms with E-state index in [1.165, 1.54) is 18.2 Å². The van der Waals surface area contributed by atoms with Crippen molar-refractivity contribution in [3.63, 3.8) is 0 Å². The third kappa shape index (κ3) is 5.23. The van der Waals surface area contributed by atoms with Crippen LogP contribution in [0.4, 0.5) is 4.39 Å². The van der Waals surface area contributed by atoms with Gasteiger partial charge < -0.3 is 19.5 Å². The van der Waals surface area contributed by atoms with Gasteiger partial charge in [-0.05, 0) is 29.8 Å². The molecule has 0 unspecified atom stereocenters. The number of esters is 1. The zero-order valence-electron chi connectivity index (χ0n) is 14.7. The van der Waals surface area contributed by atoms with Crippen LogP contribution in [0.5, 0.6) is 11.5 Å². The van der Waals surface area contributed by atoms with E-state index in [4.69, 9.17) is 25.8 Å². The molecule has 0 bridgehead atoms. The molecule has 2 aromatic rings. The van der Waals surface area contributed by atoms with E-state index in [1.807, 2.05) is 0 Å². The largest absolute Gasteiger partial charge is 0.486 e. The van der Waals surface area contributed by atoms with E-state index >= 15 is 0 Å². The van der Waals surface area contributed by atoms with Gasteiger partial charge in [-0.2, -0.15) is 0 Å². The second-order valence-corrected chi connectivity index (χ2v) is 6.24. The minimum absolute atomic E-state index is 0.00852. The molecule has 1 N–H and O–H groups in total. The first-order chi connectivity index (χ1) is 13.5. The number of ether oxygens (including phenoxy) is 3. The summed E-state index contributed by atoms with van der Waals surface area (Å²) in [5.41, 5.74) is 0.966. The monoisotopic (exact) mass is 405 g/mol. The Morgan fingerprint density at radius 2 is 2.00 bits per heavy atom. The molecule has 0 aliphatic carbocycles. The average molecular weight is 406 g/mol. The molecule has 1 aliphatic rings. The first kappa shape index (κ1) is 19.7. The van der Waals surface area contributed by atoms with Crippen LogP contribution in [0.25, 0.3) is 6.08 Å². The van der Waals surface area contributed by atoms with Crippen LogP contribution in [0.15, 0.2) is 42.5 Å². The molecule has 0 saturated heterocycles. The number of halogens is 2. The third-order valence-corrected chi connectivity index (χ3v) is 4.09. The van der Waals surface area contributed by atoms with Crippen LogP contribution in [0.3, 0.4) is 0 Å². The van der Waals surface area contributed by atoms with Crippen molar-refractivity contribution >= 4 is 29.6 Å². The fraction of sp³-hybridized carbons (Fsp3) is 0.200. The average Bonchev–Trinajstić information content (AvgIpc) is 2.70. The Labute approximate surface area is 165 Å². The molecule has 0 spiro atoms. The zero-order valence-corrected chi connectivity index (χ0v) is 15.5. The summed E-state index contributed by atoms with van der Waals surface area (Å²) in [6.45, 7) is 0.377. The SMILES string of the molecule is O=C(COC(=O)/C=C/c1cc(Cl)c2c(c1)OCCO2)NCc1ccccc1F. The molecule has 6 nitrogen and oxygen atoms in total. The van der Waals surface area contributed by atoms with Crippen molar-refractivity contribution in [2.75, 3.05) is 19.8 Å². The first-order valence-corrected chi connectivity index (χ1v) is 8.85. The Morgan fingerprint density at radius 3 is 2.82 bits per heavy atom. The standard InChI is InChI=1S/C20H17ClFNO5/c21-15-9-13(10-17-20(15)27-8-7-26-17)5-6-19(25)28-12-18(24)23-11-14-3-1-2-4-16(14)22/h1-6,9-10H,7-8,11-12H2,(H,23,24)/b6-5+. The van der Waals surface area contributed by atoms with Gasteiger partial charge in [0.25, 0.3) is 5.91 Å². The lowest BCUT2D eigenvalue weighted by atomic mass is 10.2. The molecule has 0 radical (unpaired) electrons. The van der Waals surface area contributed by atoms with Gasteiger partial charge in [0.1, 0.15) is 19.0 Å². The maximum atomic E-state index is 13.5. The number of benzene rings is 2. The Bertz CT molecular complexity index is 915. The van der Waals surface area contributed by atoms with Crippen molar-refractivity contribution in [1.82, 2.24) is 5.32 Å². The van der Waals surface area contributed by atoms with E-state index in [-0.39, 0.29) is 6.54 Å². The second-order valence-electron chi connectivity index (χ2n) is 5.84. The van der Waals surface area contributed by atoms with Crippen molar-refractivity contribution in [1.29, 1.82) is 0 Å². The van der Waals surface area contributed by atoms with Gasteiger partial charge in [0.05, 0.1) is 5.02 Å². The summed E-state index contributed by atoms with van der Waals surface area (Å²) in [5, 5.41) is 2.86. The van der Waals surface area contributed by atoms with Crippen LogP contribution in [0.2, 0.25) is 5.02 Å². The Hall–Kier alpha value is -3.06. The van der Waals surface area contributed by atoms with Crippen LogP contribution < -0.4 is 14.8 Å². The van der Waals surface area contributed by atoms with Crippen molar-refractivity contribution < 1.29 is 28.2 Å². The van der Waals surface area contributed by atoms with Crippen molar-refractivity contribution in [2.24, 2.45) is 0 Å². The van der Waals surface area contributed by atoms with Crippen LogP contribution in [-0.2, 0) is 20.9 Å². The second kappa shape index (κ2) is 9.23. The quantitative estimate of drug-likeness (QED) is 0.590. The number of hydrogen-bond acceptors (Lipinski definition) is 5. The van der Waals surface area contributed by atoms with Crippen LogP contribution in [0.1, 0.15) is 11.1 Å². The van der Waals surface area contributed by atoms with Crippen molar-refractivity contribution in [3.05, 3.63) is 64.4 Å². The zero-order chi connectivity index (χ0) is 19.9. The van der Waals surface area contributed by atoms with E-state index < -0.39 is 24.3 Å². The number of hydrogen-bond donors (Lipinski definition) is 1. The van der Waals surface area contributed by atoms with E-state index in [9.17, 15) is 14.0 Å². The van der Waals surface area contributed by atoms with Gasteiger partial charge in [-0.1, -0.05) is 29.8 Å². The summed E-state index contributed by atoms with van der Waals surface area (Å²) < 4.78 is 29.2. The fourth-order valence-corrected chi connectivity index (χ4v) is 2.74. The molecule has 0 fully saturated rings. The van der Waals surface area contributed by atoms with E-state index in [0.29, 0.717) is 40.9 Å². The summed E-state index contributed by atoms with van der Waals surface area (Å²) in [6, 6.07) is 9.40. The van der Waals surface area contributed by atoms with Crippen molar-refractivity contribution in [2.45, 2.75) is 6.54 Å². The molecule has 0 aromatic heterocycles. The Balaban J connectivity index is 1.48. The van der Waals surface area contributed by atoms with Crippen LogP contribution in [-0.4, -0.2) is 31.7 Å². The van der Waals surface area contributed by atoms with Crippen molar-refractivity contribution in [3.8, 4) is 11.5 Å². The van der Waals surface area contributed by atoms with Gasteiger partial charge in [-0.15, -0.1) is 0 Å². The molecule has 28 heavy (non-hydrogen) atoms. The fourth-order valence-electron chi connectivity index (χ4n) is 2.46. The number of carbonyl (C=O) groups is 2. The maximum absolute atomic E-state index is 13.5. The lowest BCUT2D eigenvalue weighted by molar-refractivity contribution is -0.143. The molecule has 3 rings (SSSR count). The molecule has 1 aliphatic heterocycles. The number of nitrogens with one attached hydrogen (secondary N) is 1. The Kier molecular flexibility index (Phi) is 6.49. The highest BCUT2D eigenvalue weighted by atomic mass is 35.5. The topological polar surface area (TPSA) is 73.9 Å². The molecule has 8 heteroatoms. The van der Waals surface area contributed by atoms with Gasteiger partial charge in [0.2, 0.25) is 0 Å². The van der Waals surface area contributed by atoms with E-state index in [2.05, 4.69) is 5.32 Å². The highest BCUT2D eigenvalue weighted by Gasteiger charge is 2.16. The molecule has 2 aromatic carbocycles. The van der Waals surface area contributed by atoms with E-state index in [1.54, 1.807) is 30.3 Å². The van der Waals surface area contributed by atoms with Gasteiger partial charge in [0, 0.05) is 18.2 Å². The van der Waals surface area contributed by atoms with Gasteiger partial charge >= 0.3 is 5.97 Å². The summed E-state index contributed by atoms with van der Waals surface area (Å²) in [4.78, 5) is 23.5. The number of carbonyl (C=O) groups excluding carboxylic acids is 2. The first-order valence-electron chi connectivity index (χ1n) is 8.47. The molecular weight excluding hydrogens is 389 g/mol. The Morgan fingerprint density at radius 1 is 1.21 bits per heavy atom. The minimum Gasteiger partial charge on any atom is -0.486 e. The van der Waals surface area contributed by atoms with E-state index in [0.717, 1.165) is 0 Å². The molecule has 1 amide bonds. The van der Waals surface area contributed by atoms with Gasteiger partial charge in [-0.25, -0.2) is 9.18 Å². The van der Waals surface area contributed by atoms with Gasteiger partial charge in [0.15, 0.2) is 18.1 Å². The summed E-state index contributed by atoms with van der Waals surface area (Å²) in [7, 11) is 0. The predicted octanol–water partition coefficient (Wildman–Crippen LogP) is 3.12. The lowest BCUT2D eigenvalue weighted by Gasteiger charge is -2.19. The third-order valence-electron chi connectivity index (χ3n) is 3.81. The summed E-state index contributed by atoms with van der Waals surface area (Å²) in [5.74, 6) is -0.682. The van der Waals surface area contributed by atoms with Crippen LogP contribution >= 0.6 is 11.6 Å². The number of rotatable bonds is 6.